The molecule has 0 aliphatic rings. The third kappa shape index (κ3) is 19.5. The predicted molar refractivity (Wildman–Crippen MR) is 30.1 cm³/mol. The molecule has 0 aromatic rings. The summed E-state index contributed by atoms with van der Waals surface area (Å²) in [4.78, 5) is 0. The summed E-state index contributed by atoms with van der Waals surface area (Å²) in [6, 6.07) is 0. The van der Waals surface area contributed by atoms with Crippen molar-refractivity contribution in [2.45, 2.75) is 13.8 Å². The maximum absolute atomic E-state index is 4.69. The fourth-order valence-electron chi connectivity index (χ4n) is 0.250. The van der Waals surface area contributed by atoms with Crippen molar-refractivity contribution >= 4 is 9.19 Å². The molecular weight excluding hydrogens is 190 g/mol. The van der Waals surface area contributed by atoms with E-state index in [1.807, 2.05) is 0 Å². The molecule has 0 bridgehead atoms. The van der Waals surface area contributed by atoms with Gasteiger partial charge in [-0.3, -0.25) is 0 Å². The summed E-state index contributed by atoms with van der Waals surface area (Å²) in [5, 5.41) is 3.11. The van der Waals surface area contributed by atoms with Crippen LogP contribution in [0, 0.1) is 0 Å². The van der Waals surface area contributed by atoms with Gasteiger partial charge in [-0.2, -0.15) is 0 Å². The fraction of sp³-hybridized carbons (Fsp3) is 1.00. The minimum atomic E-state index is 1.09. The number of hydrogen-bond acceptors (Lipinski definition) is 1. The van der Waals surface area contributed by atoms with Crippen LogP contribution in [0.25, 0.3) is 0 Å². The van der Waals surface area contributed by atoms with Gasteiger partial charge in [0.15, 0.2) is 0 Å². The summed E-state index contributed by atoms with van der Waals surface area (Å²) in [6.45, 7) is 6.39. The van der Waals surface area contributed by atoms with E-state index in [1.165, 1.54) is 20.0 Å². The van der Waals surface area contributed by atoms with Crippen molar-refractivity contribution in [2.24, 2.45) is 0 Å². The summed E-state index contributed by atoms with van der Waals surface area (Å²) in [5.41, 5.74) is 0. The third-order valence-corrected chi connectivity index (χ3v) is 0.500. The van der Waals surface area contributed by atoms with E-state index in [9.17, 15) is 0 Å². The van der Waals surface area contributed by atoms with Crippen LogP contribution < -0.4 is 5.32 Å². The Balaban J connectivity index is 0. The molecule has 3 heteroatoms. The van der Waals surface area contributed by atoms with E-state index < -0.39 is 0 Å². The average Bonchev–Trinajstić information content (AvgIpc) is 1.75. The van der Waals surface area contributed by atoms with Gasteiger partial charge in [0.05, 0.1) is 0 Å². The molecule has 0 amide bonds. The molecule has 0 aliphatic carbocycles. The van der Waals surface area contributed by atoms with Gasteiger partial charge in [0.1, 0.15) is 0 Å². The van der Waals surface area contributed by atoms with E-state index in [4.69, 9.17) is 0 Å². The van der Waals surface area contributed by atoms with Crippen molar-refractivity contribution in [2.75, 3.05) is 13.1 Å². The first kappa shape index (κ1) is 10.9. The fourth-order valence-corrected chi connectivity index (χ4v) is 0.250. The third-order valence-electron chi connectivity index (χ3n) is 0.500. The van der Waals surface area contributed by atoms with Crippen LogP contribution in [0.3, 0.4) is 0 Å². The number of nitrogens with one attached hydrogen (secondary N) is 1. The molecule has 7 heavy (non-hydrogen) atoms. The first-order valence-electron chi connectivity index (χ1n) is 2.29. The monoisotopic (exact) mass is 201 g/mol. The Kier molecular flexibility index (Phi) is 24.5. The van der Waals surface area contributed by atoms with E-state index in [1.54, 1.807) is 0 Å². The predicted octanol–water partition coefficient (Wildman–Crippen LogP) is 1.30. The van der Waals surface area contributed by atoms with Crippen LogP contribution in [0.1, 0.15) is 13.8 Å². The second-order valence-electron chi connectivity index (χ2n) is 0.957. The van der Waals surface area contributed by atoms with Gasteiger partial charge in [-0.15, -0.1) is 0 Å². The quantitative estimate of drug-likeness (QED) is 0.664. The Morgan fingerprint density at radius 3 is 1.57 bits per heavy atom. The second-order valence-corrected chi connectivity index (χ2v) is 0.957. The van der Waals surface area contributed by atoms with Gasteiger partial charge in [0.2, 0.25) is 0 Å². The summed E-state index contributed by atoms with van der Waals surface area (Å²) in [7, 11) is 4.69. The molecule has 0 aromatic carbocycles. The minimum absolute atomic E-state index is 1.09. The maximum atomic E-state index is 4.69. The Morgan fingerprint density at radius 1 is 1.29 bits per heavy atom. The standard InChI is InChI=1S/C4H11N.ClH.Nb/c1-3-5-4-2;;/h5H,3-4H2,1-2H3;1H;/q;;+1/p-1. The second kappa shape index (κ2) is 15.8. The van der Waals surface area contributed by atoms with Gasteiger partial charge >= 0.3 is 29.2 Å². The number of hydrogen-bond donors (Lipinski definition) is 1. The van der Waals surface area contributed by atoms with E-state index in [0.29, 0.717) is 0 Å². The molecule has 0 saturated heterocycles. The van der Waals surface area contributed by atoms with Crippen molar-refractivity contribution < 1.29 is 20.0 Å². The van der Waals surface area contributed by atoms with Crippen molar-refractivity contribution in [3.05, 3.63) is 0 Å². The number of rotatable bonds is 2. The summed E-state index contributed by atoms with van der Waals surface area (Å²) < 4.78 is 0. The van der Waals surface area contributed by atoms with Crippen molar-refractivity contribution in [1.82, 2.24) is 5.32 Å². The van der Waals surface area contributed by atoms with Crippen molar-refractivity contribution in [3.8, 4) is 0 Å². The van der Waals surface area contributed by atoms with Crippen molar-refractivity contribution in [1.29, 1.82) is 0 Å². The van der Waals surface area contributed by atoms with Crippen LogP contribution in [0.2, 0.25) is 0 Å². The van der Waals surface area contributed by atoms with Crippen LogP contribution in [0.5, 0.6) is 0 Å². The van der Waals surface area contributed by atoms with Crippen LogP contribution in [-0.4, -0.2) is 13.1 Å². The first-order valence-corrected chi connectivity index (χ1v) is 5.12. The van der Waals surface area contributed by atoms with E-state index in [2.05, 4.69) is 28.4 Å². The van der Waals surface area contributed by atoms with Crippen LogP contribution >= 0.6 is 9.19 Å². The molecule has 0 rings (SSSR count). The van der Waals surface area contributed by atoms with Crippen LogP contribution in [-0.2, 0) is 20.0 Å². The summed E-state index contributed by atoms with van der Waals surface area (Å²) >= 11 is 1.22. The van der Waals surface area contributed by atoms with Gasteiger partial charge in [-0.05, 0) is 13.1 Å². The zero-order valence-corrected chi connectivity index (χ0v) is 7.69. The summed E-state index contributed by atoms with van der Waals surface area (Å²) in [6.07, 6.45) is 0. The average molecular weight is 201 g/mol. The molecular formula is C4H11ClNNb. The zero-order chi connectivity index (χ0) is 6.12. The van der Waals surface area contributed by atoms with Gasteiger partial charge in [0.25, 0.3) is 0 Å². The molecule has 0 aromatic heterocycles. The van der Waals surface area contributed by atoms with Crippen molar-refractivity contribution in [3.63, 3.8) is 0 Å². The van der Waals surface area contributed by atoms with Gasteiger partial charge in [0, 0.05) is 0 Å². The van der Waals surface area contributed by atoms with Gasteiger partial charge < -0.3 is 5.32 Å². The molecule has 0 spiro atoms. The molecule has 1 N–H and O–H groups in total. The molecule has 0 heterocycles. The zero-order valence-electron chi connectivity index (χ0n) is 4.74. The molecule has 0 atom stereocenters. The topological polar surface area (TPSA) is 12.0 Å². The van der Waals surface area contributed by atoms with E-state index in [-0.39, 0.29) is 0 Å². The van der Waals surface area contributed by atoms with E-state index >= 15 is 0 Å². The normalized spacial score (nSPS) is 6.71. The van der Waals surface area contributed by atoms with E-state index in [0.717, 1.165) is 13.1 Å². The Labute approximate surface area is 61.6 Å². The Bertz CT molecular complexity index is 19.2. The SMILES string of the molecule is CCNCC.[Cl][Nb]. The molecule has 0 fully saturated rings. The molecule has 0 radical (unpaired) electrons. The molecule has 0 aliphatic heterocycles. The van der Waals surface area contributed by atoms with Crippen LogP contribution in [0.4, 0.5) is 0 Å². The van der Waals surface area contributed by atoms with Crippen LogP contribution in [0.15, 0.2) is 0 Å². The molecule has 1 nitrogen and oxygen atoms in total. The van der Waals surface area contributed by atoms with Gasteiger partial charge in [-0.25, -0.2) is 0 Å². The molecule has 0 saturated carbocycles. The molecule has 0 unspecified atom stereocenters. The Morgan fingerprint density at radius 2 is 1.57 bits per heavy atom. The first-order chi connectivity index (χ1) is 3.41. The molecule has 44 valence electrons. The van der Waals surface area contributed by atoms with Gasteiger partial charge in [-0.1, -0.05) is 13.8 Å². The number of halogens is 1. The summed E-state index contributed by atoms with van der Waals surface area (Å²) in [5.74, 6) is 0. The Hall–Kier alpha value is 0.990.